The molecule has 1 aromatic rings. The van der Waals surface area contributed by atoms with E-state index in [9.17, 15) is 5.26 Å². The summed E-state index contributed by atoms with van der Waals surface area (Å²) < 4.78 is 0. The molecule has 0 saturated carbocycles. The number of thioether (sulfide) groups is 1. The molecule has 1 atom stereocenters. The second-order valence-corrected chi connectivity index (χ2v) is 6.15. The first kappa shape index (κ1) is 13.7. The molecule has 1 aromatic heterocycles. The molecule has 0 spiro atoms. The Kier molecular flexibility index (Phi) is 4.91. The first-order valence-electron chi connectivity index (χ1n) is 6.36. The van der Waals surface area contributed by atoms with Crippen LogP contribution in [0, 0.1) is 17.2 Å². The number of nitrogens with zero attached hydrogens (tertiary/aromatic N) is 2. The molecule has 4 heteroatoms. The van der Waals surface area contributed by atoms with Crippen molar-refractivity contribution in [3.8, 4) is 6.07 Å². The van der Waals surface area contributed by atoms with Crippen LogP contribution in [0.15, 0.2) is 11.1 Å². The molecule has 0 bridgehead atoms. The molecule has 18 heavy (non-hydrogen) atoms. The quantitative estimate of drug-likeness (QED) is 0.622. The first-order chi connectivity index (χ1) is 8.74. The van der Waals surface area contributed by atoms with Gasteiger partial charge in [-0.1, -0.05) is 6.92 Å². The zero-order chi connectivity index (χ0) is 13.0. The molecular weight excluding hydrogens is 264 g/mol. The van der Waals surface area contributed by atoms with Crippen molar-refractivity contribution < 1.29 is 0 Å². The van der Waals surface area contributed by atoms with Crippen molar-refractivity contribution in [2.75, 3.05) is 11.6 Å². The Morgan fingerprint density at radius 3 is 3.00 bits per heavy atom. The van der Waals surface area contributed by atoms with Crippen LogP contribution in [-0.4, -0.2) is 16.6 Å². The summed E-state index contributed by atoms with van der Waals surface area (Å²) in [5.41, 5.74) is 3.19. The van der Waals surface area contributed by atoms with Gasteiger partial charge in [0.15, 0.2) is 0 Å². The maximum atomic E-state index is 9.21. The Hall–Kier alpha value is -0.720. The van der Waals surface area contributed by atoms with E-state index in [1.807, 2.05) is 6.07 Å². The van der Waals surface area contributed by atoms with Crippen LogP contribution in [0.25, 0.3) is 0 Å². The van der Waals surface area contributed by atoms with E-state index >= 15 is 0 Å². The van der Waals surface area contributed by atoms with E-state index < -0.39 is 0 Å². The summed E-state index contributed by atoms with van der Waals surface area (Å²) in [6.45, 7) is 2.12. The lowest BCUT2D eigenvalue weighted by Gasteiger charge is -2.17. The molecule has 0 N–H and O–H groups in total. The van der Waals surface area contributed by atoms with Crippen molar-refractivity contribution in [1.82, 2.24) is 4.98 Å². The number of aromatic nitrogens is 1. The number of hydrogen-bond acceptors (Lipinski definition) is 3. The highest BCUT2D eigenvalue weighted by atomic mass is 35.5. The van der Waals surface area contributed by atoms with Crippen LogP contribution in [0.2, 0.25) is 0 Å². The Morgan fingerprint density at radius 2 is 2.28 bits per heavy atom. The van der Waals surface area contributed by atoms with Crippen LogP contribution in [0.1, 0.15) is 36.6 Å². The number of alkyl halides is 1. The van der Waals surface area contributed by atoms with Crippen LogP contribution in [0.4, 0.5) is 0 Å². The highest BCUT2D eigenvalue weighted by Crippen LogP contribution is 2.28. The molecule has 1 aliphatic rings. The third kappa shape index (κ3) is 3.18. The van der Waals surface area contributed by atoms with Gasteiger partial charge in [-0.05, 0) is 43.2 Å². The maximum Gasteiger partial charge on any atom is 0.114 e. The summed E-state index contributed by atoms with van der Waals surface area (Å²) in [7, 11) is 0. The molecule has 0 saturated heterocycles. The Morgan fingerprint density at radius 1 is 1.50 bits per heavy atom. The minimum Gasteiger partial charge on any atom is -0.245 e. The number of aryl methyl sites for hydroxylation is 2. The van der Waals surface area contributed by atoms with E-state index in [4.69, 9.17) is 11.6 Å². The van der Waals surface area contributed by atoms with Crippen LogP contribution >= 0.6 is 23.4 Å². The molecule has 96 valence electrons. The minimum atomic E-state index is 0.445. The van der Waals surface area contributed by atoms with Gasteiger partial charge >= 0.3 is 0 Å². The Labute approximate surface area is 118 Å². The van der Waals surface area contributed by atoms with Gasteiger partial charge in [0.1, 0.15) is 11.1 Å². The highest BCUT2D eigenvalue weighted by Gasteiger charge is 2.15. The van der Waals surface area contributed by atoms with Crippen molar-refractivity contribution in [1.29, 1.82) is 5.26 Å². The average Bonchev–Trinajstić information content (AvgIpc) is 2.43. The van der Waals surface area contributed by atoms with Crippen molar-refractivity contribution in [3.63, 3.8) is 0 Å². The van der Waals surface area contributed by atoms with Crippen LogP contribution in [-0.2, 0) is 12.8 Å². The predicted octanol–water partition coefficient (Wildman–Crippen LogP) is 3.80. The number of fused-ring (bicyclic) bond motifs is 1. The normalized spacial score (nSPS) is 15.8. The van der Waals surface area contributed by atoms with Gasteiger partial charge in [0, 0.05) is 17.3 Å². The van der Waals surface area contributed by atoms with Crippen molar-refractivity contribution in [3.05, 3.63) is 22.9 Å². The summed E-state index contributed by atoms with van der Waals surface area (Å²) in [4.78, 5) is 4.69. The molecule has 1 unspecified atom stereocenters. The molecule has 1 heterocycles. The third-order valence-corrected chi connectivity index (χ3v) is 5.00. The average molecular weight is 281 g/mol. The predicted molar refractivity (Wildman–Crippen MR) is 76.2 cm³/mol. The molecule has 0 fully saturated rings. The topological polar surface area (TPSA) is 36.7 Å². The van der Waals surface area contributed by atoms with Crippen LogP contribution in [0.3, 0.4) is 0 Å². The minimum absolute atomic E-state index is 0.445. The van der Waals surface area contributed by atoms with Gasteiger partial charge in [0.05, 0.1) is 5.56 Å². The highest BCUT2D eigenvalue weighted by molar-refractivity contribution is 7.99. The van der Waals surface area contributed by atoms with Gasteiger partial charge in [-0.2, -0.15) is 5.26 Å². The third-order valence-electron chi connectivity index (χ3n) is 3.15. The summed E-state index contributed by atoms with van der Waals surface area (Å²) in [5, 5.41) is 10.1. The molecule has 0 aliphatic heterocycles. The van der Waals surface area contributed by atoms with E-state index in [1.54, 1.807) is 11.8 Å². The van der Waals surface area contributed by atoms with Crippen LogP contribution < -0.4 is 0 Å². The lowest BCUT2D eigenvalue weighted by Crippen LogP contribution is -2.08. The zero-order valence-corrected chi connectivity index (χ0v) is 12.2. The largest absolute Gasteiger partial charge is 0.245 e. The number of rotatable bonds is 4. The second-order valence-electron chi connectivity index (χ2n) is 4.84. The maximum absolute atomic E-state index is 9.21. The fourth-order valence-electron chi connectivity index (χ4n) is 2.07. The molecule has 0 aromatic carbocycles. The van der Waals surface area contributed by atoms with Gasteiger partial charge in [0.25, 0.3) is 0 Å². The van der Waals surface area contributed by atoms with E-state index in [-0.39, 0.29) is 0 Å². The first-order valence-corrected chi connectivity index (χ1v) is 7.88. The van der Waals surface area contributed by atoms with Crippen LogP contribution in [0.5, 0.6) is 0 Å². The number of nitriles is 1. The summed E-state index contributed by atoms with van der Waals surface area (Å²) in [6, 6.07) is 4.31. The fourth-order valence-corrected chi connectivity index (χ4v) is 3.30. The zero-order valence-electron chi connectivity index (χ0n) is 10.6. The van der Waals surface area contributed by atoms with E-state index in [1.165, 1.54) is 24.1 Å². The van der Waals surface area contributed by atoms with Crippen molar-refractivity contribution >= 4 is 23.4 Å². The Bertz CT molecular complexity index is 468. The fraction of sp³-hybridized carbons (Fsp3) is 0.571. The summed E-state index contributed by atoms with van der Waals surface area (Å²) >= 11 is 7.47. The Balaban J connectivity index is 2.20. The second kappa shape index (κ2) is 6.45. The molecule has 2 nitrogen and oxygen atoms in total. The number of halogens is 1. The number of pyridine rings is 1. The lowest BCUT2D eigenvalue weighted by atomic mass is 9.95. The van der Waals surface area contributed by atoms with Gasteiger partial charge in [0.2, 0.25) is 0 Å². The SMILES string of the molecule is CC(CCl)CSc1nc2c(cc1C#N)CCCC2. The van der Waals surface area contributed by atoms with E-state index in [0.29, 0.717) is 11.8 Å². The summed E-state index contributed by atoms with van der Waals surface area (Å²) in [5.74, 6) is 2.02. The van der Waals surface area contributed by atoms with Gasteiger partial charge in [-0.25, -0.2) is 4.98 Å². The van der Waals surface area contributed by atoms with E-state index in [0.717, 1.165) is 29.2 Å². The van der Waals surface area contributed by atoms with Gasteiger partial charge < -0.3 is 0 Å². The molecule has 0 radical (unpaired) electrons. The van der Waals surface area contributed by atoms with Crippen molar-refractivity contribution in [2.45, 2.75) is 37.6 Å². The van der Waals surface area contributed by atoms with Crippen molar-refractivity contribution in [2.24, 2.45) is 5.92 Å². The molecule has 0 amide bonds. The molecule has 2 rings (SSSR count). The number of hydrogen-bond donors (Lipinski definition) is 0. The van der Waals surface area contributed by atoms with E-state index in [2.05, 4.69) is 18.0 Å². The smallest absolute Gasteiger partial charge is 0.114 e. The molecule has 1 aliphatic carbocycles. The van der Waals surface area contributed by atoms with Gasteiger partial charge in [-0.15, -0.1) is 23.4 Å². The monoisotopic (exact) mass is 280 g/mol. The molecular formula is C14H17ClN2S. The standard InChI is InChI=1S/C14H17ClN2S/c1-10(7-15)9-18-14-12(8-16)6-11-4-2-3-5-13(11)17-14/h6,10H,2-5,7,9H2,1H3. The lowest BCUT2D eigenvalue weighted by molar-refractivity contribution is 0.659. The van der Waals surface area contributed by atoms with Gasteiger partial charge in [-0.3, -0.25) is 0 Å². The summed E-state index contributed by atoms with van der Waals surface area (Å²) in [6.07, 6.45) is 4.56.